The Hall–Kier alpha value is -3.16. The van der Waals surface area contributed by atoms with Gasteiger partial charge in [0.2, 0.25) is 0 Å². The molecule has 0 saturated heterocycles. The Morgan fingerprint density at radius 1 is 1.03 bits per heavy atom. The Morgan fingerprint density at radius 3 is 2.50 bits per heavy atom. The molecule has 0 unspecified atom stereocenters. The molecule has 32 heavy (non-hydrogen) atoms. The van der Waals surface area contributed by atoms with E-state index in [1.165, 1.54) is 18.4 Å². The molecule has 166 valence electrons. The number of hydrogen-bond acceptors (Lipinski definition) is 5. The van der Waals surface area contributed by atoms with E-state index in [0.717, 1.165) is 41.7 Å². The van der Waals surface area contributed by atoms with Crippen LogP contribution in [0.4, 0.5) is 10.7 Å². The first-order valence-electron chi connectivity index (χ1n) is 10.6. The zero-order valence-electron chi connectivity index (χ0n) is 18.2. The summed E-state index contributed by atoms with van der Waals surface area (Å²) in [6, 6.07) is 12.5. The second-order valence-electron chi connectivity index (χ2n) is 7.88. The van der Waals surface area contributed by atoms with Crippen molar-refractivity contribution >= 4 is 33.8 Å². The maximum atomic E-state index is 13.4. The average molecular weight is 451 g/mol. The van der Waals surface area contributed by atoms with E-state index in [9.17, 15) is 14.7 Å². The minimum absolute atomic E-state index is 0.140. The fourth-order valence-corrected chi connectivity index (χ4v) is 5.19. The quantitative estimate of drug-likeness (QED) is 0.496. The number of hydrogen-bond donors (Lipinski definition) is 3. The molecule has 6 nitrogen and oxygen atoms in total. The van der Waals surface area contributed by atoms with Crippen LogP contribution in [0.25, 0.3) is 0 Å². The van der Waals surface area contributed by atoms with Gasteiger partial charge in [0.25, 0.3) is 11.8 Å². The summed E-state index contributed by atoms with van der Waals surface area (Å²) in [7, 11) is 1.53. The lowest BCUT2D eigenvalue weighted by Gasteiger charge is -2.15. The number of aryl methyl sites for hydroxylation is 2. The van der Waals surface area contributed by atoms with Crippen LogP contribution in [0, 0.1) is 6.92 Å². The van der Waals surface area contributed by atoms with Gasteiger partial charge in [-0.2, -0.15) is 0 Å². The van der Waals surface area contributed by atoms with E-state index in [1.54, 1.807) is 30.3 Å². The van der Waals surface area contributed by atoms with Gasteiger partial charge >= 0.3 is 0 Å². The maximum Gasteiger partial charge on any atom is 0.259 e. The highest BCUT2D eigenvalue weighted by molar-refractivity contribution is 7.17. The number of anilines is 2. The number of thiophene rings is 1. The summed E-state index contributed by atoms with van der Waals surface area (Å²) in [6.07, 6.45) is 3.80. The van der Waals surface area contributed by atoms with Crippen molar-refractivity contribution in [2.75, 3.05) is 17.7 Å². The number of carbonyl (C=O) groups is 2. The molecule has 1 aliphatic rings. The lowest BCUT2D eigenvalue weighted by Crippen LogP contribution is -2.19. The fraction of sp³-hybridized carbons (Fsp3) is 0.280. The van der Waals surface area contributed by atoms with Crippen molar-refractivity contribution in [3.05, 3.63) is 75.2 Å². The molecule has 2 amide bonds. The molecule has 4 rings (SSSR count). The van der Waals surface area contributed by atoms with Crippen molar-refractivity contribution in [2.45, 2.75) is 39.2 Å². The lowest BCUT2D eigenvalue weighted by molar-refractivity contribution is 0.102. The molecule has 0 fully saturated rings. The Morgan fingerprint density at radius 2 is 1.78 bits per heavy atom. The number of aliphatic hydroxyl groups excluding tert-OH is 1. The number of carbonyl (C=O) groups excluding carboxylic acids is 2. The zero-order chi connectivity index (χ0) is 22.7. The van der Waals surface area contributed by atoms with Crippen LogP contribution in [-0.4, -0.2) is 24.0 Å². The van der Waals surface area contributed by atoms with Crippen molar-refractivity contribution < 1.29 is 19.4 Å². The molecule has 0 atom stereocenters. The van der Waals surface area contributed by atoms with Crippen LogP contribution in [0.1, 0.15) is 55.1 Å². The molecule has 0 bridgehead atoms. The highest BCUT2D eigenvalue weighted by Gasteiger charge is 2.27. The van der Waals surface area contributed by atoms with Gasteiger partial charge in [-0.05, 0) is 68.0 Å². The molecule has 0 aliphatic heterocycles. The highest BCUT2D eigenvalue weighted by Crippen LogP contribution is 2.39. The molecule has 3 N–H and O–H groups in total. The number of rotatable bonds is 6. The summed E-state index contributed by atoms with van der Waals surface area (Å²) >= 11 is 1.48. The third-order valence-electron chi connectivity index (χ3n) is 5.63. The van der Waals surface area contributed by atoms with Gasteiger partial charge in [0.15, 0.2) is 0 Å². The lowest BCUT2D eigenvalue weighted by atomic mass is 9.95. The zero-order valence-corrected chi connectivity index (χ0v) is 19.0. The van der Waals surface area contributed by atoms with Crippen LogP contribution >= 0.6 is 11.3 Å². The third kappa shape index (κ3) is 4.54. The van der Waals surface area contributed by atoms with Crippen LogP contribution < -0.4 is 15.4 Å². The van der Waals surface area contributed by atoms with Gasteiger partial charge in [0.1, 0.15) is 10.8 Å². The summed E-state index contributed by atoms with van der Waals surface area (Å²) in [4.78, 5) is 27.4. The van der Waals surface area contributed by atoms with E-state index in [0.29, 0.717) is 33.1 Å². The second kappa shape index (κ2) is 9.54. The molecule has 7 heteroatoms. The van der Waals surface area contributed by atoms with E-state index in [4.69, 9.17) is 4.74 Å². The monoisotopic (exact) mass is 450 g/mol. The first-order chi connectivity index (χ1) is 15.5. The topological polar surface area (TPSA) is 87.7 Å². The Kier molecular flexibility index (Phi) is 6.58. The van der Waals surface area contributed by atoms with Gasteiger partial charge in [-0.25, -0.2) is 0 Å². The summed E-state index contributed by atoms with van der Waals surface area (Å²) in [6.45, 7) is 1.83. The normalized spacial score (nSPS) is 12.7. The standard InChI is InChI=1S/C25H26N2O4S/c1-15-7-10-17(11-8-15)23(29)27-25-22(18-5-3-4-6-21(18)32-25)24(30)26-19-13-16(14-28)9-12-20(19)31-2/h7-13,28H,3-6,14H2,1-2H3,(H,26,30)(H,27,29). The van der Waals surface area contributed by atoms with E-state index >= 15 is 0 Å². The fourth-order valence-electron chi connectivity index (χ4n) is 3.91. The molecule has 0 radical (unpaired) electrons. The van der Waals surface area contributed by atoms with Gasteiger partial charge in [0, 0.05) is 10.4 Å². The molecular weight excluding hydrogens is 424 g/mol. The average Bonchev–Trinajstić information content (AvgIpc) is 3.17. The predicted molar refractivity (Wildman–Crippen MR) is 127 cm³/mol. The van der Waals surface area contributed by atoms with Gasteiger partial charge in [0.05, 0.1) is 25.0 Å². The van der Waals surface area contributed by atoms with Crippen LogP contribution in [0.5, 0.6) is 5.75 Å². The SMILES string of the molecule is COc1ccc(CO)cc1NC(=O)c1c(NC(=O)c2ccc(C)cc2)sc2c1CCCC2. The van der Waals surface area contributed by atoms with E-state index < -0.39 is 0 Å². The maximum absolute atomic E-state index is 13.4. The smallest absolute Gasteiger partial charge is 0.259 e. The van der Waals surface area contributed by atoms with E-state index in [1.807, 2.05) is 19.1 Å². The molecule has 2 aromatic carbocycles. The van der Waals surface area contributed by atoms with E-state index in [2.05, 4.69) is 10.6 Å². The Balaban J connectivity index is 1.67. The van der Waals surface area contributed by atoms with Crippen LogP contribution in [0.2, 0.25) is 0 Å². The first kappa shape index (κ1) is 22.0. The summed E-state index contributed by atoms with van der Waals surface area (Å²) in [5.74, 6) is -0.0283. The molecule has 3 aromatic rings. The number of amides is 2. The molecule has 0 saturated carbocycles. The Bertz CT molecular complexity index is 1150. The van der Waals surface area contributed by atoms with Crippen molar-refractivity contribution in [3.8, 4) is 5.75 Å². The summed E-state index contributed by atoms with van der Waals surface area (Å²) in [5, 5.41) is 15.9. The summed E-state index contributed by atoms with van der Waals surface area (Å²) < 4.78 is 5.37. The van der Waals surface area contributed by atoms with Crippen molar-refractivity contribution in [1.29, 1.82) is 0 Å². The second-order valence-corrected chi connectivity index (χ2v) is 8.99. The molecule has 1 heterocycles. The minimum atomic E-state index is -0.294. The predicted octanol–water partition coefficient (Wildman–Crippen LogP) is 4.94. The molecule has 1 aromatic heterocycles. The first-order valence-corrected chi connectivity index (χ1v) is 11.4. The van der Waals surface area contributed by atoms with Crippen molar-refractivity contribution in [3.63, 3.8) is 0 Å². The minimum Gasteiger partial charge on any atom is -0.495 e. The molecule has 1 aliphatic carbocycles. The Labute approximate surface area is 191 Å². The van der Waals surface area contributed by atoms with Gasteiger partial charge in [-0.1, -0.05) is 23.8 Å². The summed E-state index contributed by atoms with van der Waals surface area (Å²) in [5.41, 5.74) is 4.30. The van der Waals surface area contributed by atoms with Crippen LogP contribution in [-0.2, 0) is 19.4 Å². The van der Waals surface area contributed by atoms with Gasteiger partial charge < -0.3 is 20.5 Å². The van der Waals surface area contributed by atoms with E-state index in [-0.39, 0.29) is 18.4 Å². The number of methoxy groups -OCH3 is 1. The van der Waals surface area contributed by atoms with Gasteiger partial charge in [-0.3, -0.25) is 9.59 Å². The molecule has 0 spiro atoms. The molecular formula is C25H26N2O4S. The number of benzene rings is 2. The largest absolute Gasteiger partial charge is 0.495 e. The number of aliphatic hydroxyl groups is 1. The van der Waals surface area contributed by atoms with Crippen LogP contribution in [0.3, 0.4) is 0 Å². The van der Waals surface area contributed by atoms with Crippen molar-refractivity contribution in [1.82, 2.24) is 0 Å². The number of fused-ring (bicyclic) bond motifs is 1. The number of nitrogens with one attached hydrogen (secondary N) is 2. The third-order valence-corrected chi connectivity index (χ3v) is 6.84. The number of ether oxygens (including phenoxy) is 1. The van der Waals surface area contributed by atoms with Crippen LogP contribution in [0.15, 0.2) is 42.5 Å². The van der Waals surface area contributed by atoms with Crippen molar-refractivity contribution in [2.24, 2.45) is 0 Å². The highest BCUT2D eigenvalue weighted by atomic mass is 32.1. The van der Waals surface area contributed by atoms with Gasteiger partial charge in [-0.15, -0.1) is 11.3 Å².